The van der Waals surface area contributed by atoms with Crippen molar-refractivity contribution in [2.24, 2.45) is 0 Å². The second-order valence-electron chi connectivity index (χ2n) is 5.31. The summed E-state index contributed by atoms with van der Waals surface area (Å²) in [6.45, 7) is 3.68. The zero-order chi connectivity index (χ0) is 17.8. The average molecular weight is 353 g/mol. The van der Waals surface area contributed by atoms with Gasteiger partial charge in [-0.3, -0.25) is 4.79 Å². The van der Waals surface area contributed by atoms with Gasteiger partial charge in [0.05, 0.1) is 11.3 Å². The largest absolute Gasteiger partial charge is 0.411 e. The van der Waals surface area contributed by atoms with Gasteiger partial charge in [0.2, 0.25) is 11.8 Å². The van der Waals surface area contributed by atoms with Crippen molar-refractivity contribution in [2.75, 3.05) is 11.1 Å². The highest BCUT2D eigenvalue weighted by molar-refractivity contribution is 7.99. The number of H-pyrrole nitrogens is 1. The predicted molar refractivity (Wildman–Crippen MR) is 94.1 cm³/mol. The maximum absolute atomic E-state index is 12.1. The minimum Gasteiger partial charge on any atom is -0.411 e. The minimum absolute atomic E-state index is 0.0956. The number of benzene rings is 1. The van der Waals surface area contributed by atoms with E-state index >= 15 is 0 Å². The van der Waals surface area contributed by atoms with Crippen LogP contribution < -0.4 is 5.32 Å². The second-order valence-corrected chi connectivity index (χ2v) is 6.24. The molecule has 0 aliphatic carbocycles. The van der Waals surface area contributed by atoms with Gasteiger partial charge in [0.25, 0.3) is 5.22 Å². The van der Waals surface area contributed by atoms with Crippen molar-refractivity contribution in [3.05, 3.63) is 47.2 Å². The van der Waals surface area contributed by atoms with Crippen LogP contribution in [0.15, 0.2) is 40.0 Å². The summed E-state index contributed by atoms with van der Waals surface area (Å²) in [5.41, 5.74) is 2.95. The first-order valence-corrected chi connectivity index (χ1v) is 8.48. The Bertz CT molecular complexity index is 940. The van der Waals surface area contributed by atoms with Crippen LogP contribution in [0.4, 0.5) is 5.82 Å². The number of nitrogens with zero attached hydrogens (tertiary/aromatic N) is 3. The zero-order valence-electron chi connectivity index (χ0n) is 13.7. The molecule has 2 aromatic heterocycles. The molecule has 126 valence electrons. The Labute approximate surface area is 148 Å². The van der Waals surface area contributed by atoms with E-state index in [0.29, 0.717) is 22.5 Å². The molecule has 3 rings (SSSR count). The molecule has 0 saturated carbocycles. The number of amides is 1. The van der Waals surface area contributed by atoms with Crippen molar-refractivity contribution >= 4 is 23.5 Å². The molecular weight excluding hydrogens is 338 g/mol. The lowest BCUT2D eigenvalue weighted by molar-refractivity contribution is -0.113. The van der Waals surface area contributed by atoms with E-state index in [0.717, 1.165) is 28.6 Å². The van der Waals surface area contributed by atoms with Crippen molar-refractivity contribution in [2.45, 2.75) is 19.1 Å². The molecule has 0 unspecified atom stereocenters. The fourth-order valence-corrected chi connectivity index (χ4v) is 2.78. The summed E-state index contributed by atoms with van der Waals surface area (Å²) in [5.74, 6) is 0.657. The molecule has 1 aromatic carbocycles. The summed E-state index contributed by atoms with van der Waals surface area (Å²) < 4.78 is 5.54. The summed E-state index contributed by atoms with van der Waals surface area (Å²) >= 11 is 1.14. The SMILES string of the molecule is Cc1[nH]c(NC(=O)CSc2nnc(-c3ccccc3)o2)c(C#N)c1C. The molecule has 2 heterocycles. The summed E-state index contributed by atoms with van der Waals surface area (Å²) in [4.78, 5) is 15.1. The average Bonchev–Trinajstić information content (AvgIpc) is 3.19. The number of nitrogens with one attached hydrogen (secondary N) is 2. The Morgan fingerprint density at radius 1 is 1.32 bits per heavy atom. The third-order valence-electron chi connectivity index (χ3n) is 3.63. The molecule has 0 spiro atoms. The molecule has 7 nitrogen and oxygen atoms in total. The maximum Gasteiger partial charge on any atom is 0.277 e. The Morgan fingerprint density at radius 2 is 2.08 bits per heavy atom. The number of hydrogen-bond acceptors (Lipinski definition) is 6. The van der Waals surface area contributed by atoms with Crippen LogP contribution >= 0.6 is 11.8 Å². The van der Waals surface area contributed by atoms with Crippen LogP contribution in [0.1, 0.15) is 16.8 Å². The van der Waals surface area contributed by atoms with E-state index in [-0.39, 0.29) is 11.7 Å². The van der Waals surface area contributed by atoms with Crippen LogP contribution in [0.25, 0.3) is 11.5 Å². The molecule has 2 N–H and O–H groups in total. The predicted octanol–water partition coefficient (Wildman–Crippen LogP) is 3.28. The van der Waals surface area contributed by atoms with Gasteiger partial charge in [0.1, 0.15) is 11.9 Å². The van der Waals surface area contributed by atoms with Crippen LogP contribution in [-0.2, 0) is 4.79 Å². The monoisotopic (exact) mass is 353 g/mol. The summed E-state index contributed by atoms with van der Waals surface area (Å²) in [7, 11) is 0. The molecule has 8 heteroatoms. The van der Waals surface area contributed by atoms with Crippen molar-refractivity contribution in [1.82, 2.24) is 15.2 Å². The second kappa shape index (κ2) is 7.23. The molecule has 25 heavy (non-hydrogen) atoms. The quantitative estimate of drug-likeness (QED) is 0.682. The number of thioether (sulfide) groups is 1. The number of carbonyl (C=O) groups is 1. The van der Waals surface area contributed by atoms with Crippen molar-refractivity contribution in [1.29, 1.82) is 5.26 Å². The Hall–Kier alpha value is -3.05. The van der Waals surface area contributed by atoms with Gasteiger partial charge in [-0.25, -0.2) is 0 Å². The lowest BCUT2D eigenvalue weighted by atomic mass is 10.2. The molecule has 0 saturated heterocycles. The van der Waals surface area contributed by atoms with Gasteiger partial charge in [-0.15, -0.1) is 10.2 Å². The standard InChI is InChI=1S/C17H15N5O2S/c1-10-11(2)19-15(13(10)8-18)20-14(23)9-25-17-22-21-16(24-17)12-6-4-3-5-7-12/h3-7,19H,9H2,1-2H3,(H,20,23). The highest BCUT2D eigenvalue weighted by atomic mass is 32.2. The van der Waals surface area contributed by atoms with Crippen LogP contribution in [0.2, 0.25) is 0 Å². The molecule has 3 aromatic rings. The summed E-state index contributed by atoms with van der Waals surface area (Å²) in [5, 5.41) is 20.1. The lowest BCUT2D eigenvalue weighted by Crippen LogP contribution is -2.15. The third kappa shape index (κ3) is 3.72. The number of nitriles is 1. The topological polar surface area (TPSA) is 108 Å². The van der Waals surface area contributed by atoms with Crippen molar-refractivity contribution in [3.8, 4) is 17.5 Å². The first-order valence-electron chi connectivity index (χ1n) is 7.49. The van der Waals surface area contributed by atoms with E-state index in [1.807, 2.05) is 44.2 Å². The van der Waals surface area contributed by atoms with E-state index in [9.17, 15) is 10.1 Å². The Morgan fingerprint density at radius 3 is 2.80 bits per heavy atom. The Kier molecular flexibility index (Phi) is 4.86. The molecule has 0 aliphatic rings. The van der Waals surface area contributed by atoms with Gasteiger partial charge in [0.15, 0.2) is 0 Å². The van der Waals surface area contributed by atoms with E-state index < -0.39 is 0 Å². The van der Waals surface area contributed by atoms with Crippen molar-refractivity contribution < 1.29 is 9.21 Å². The lowest BCUT2D eigenvalue weighted by Gasteiger charge is -2.02. The number of rotatable bonds is 5. The number of aromatic amines is 1. The molecule has 0 radical (unpaired) electrons. The van der Waals surface area contributed by atoms with E-state index in [2.05, 4.69) is 26.6 Å². The minimum atomic E-state index is -0.262. The number of anilines is 1. The van der Waals surface area contributed by atoms with E-state index in [1.54, 1.807) is 0 Å². The van der Waals surface area contributed by atoms with Crippen LogP contribution in [0, 0.1) is 25.2 Å². The fourth-order valence-electron chi connectivity index (χ4n) is 2.22. The molecule has 0 atom stereocenters. The summed E-state index contributed by atoms with van der Waals surface area (Å²) in [6.07, 6.45) is 0. The highest BCUT2D eigenvalue weighted by Crippen LogP contribution is 2.24. The maximum atomic E-state index is 12.1. The van der Waals surface area contributed by atoms with Gasteiger partial charge in [-0.2, -0.15) is 5.26 Å². The smallest absolute Gasteiger partial charge is 0.277 e. The van der Waals surface area contributed by atoms with E-state index in [1.165, 1.54) is 0 Å². The Balaban J connectivity index is 1.61. The first kappa shape index (κ1) is 16.8. The zero-order valence-corrected chi connectivity index (χ0v) is 14.5. The summed E-state index contributed by atoms with van der Waals surface area (Å²) in [6, 6.07) is 11.5. The van der Waals surface area contributed by atoms with Crippen LogP contribution in [0.5, 0.6) is 0 Å². The van der Waals surface area contributed by atoms with Crippen molar-refractivity contribution in [3.63, 3.8) is 0 Å². The first-order chi connectivity index (χ1) is 12.1. The van der Waals surface area contributed by atoms with Gasteiger partial charge in [-0.1, -0.05) is 30.0 Å². The van der Waals surface area contributed by atoms with Gasteiger partial charge >= 0.3 is 0 Å². The van der Waals surface area contributed by atoms with Gasteiger partial charge in [-0.05, 0) is 31.5 Å². The highest BCUT2D eigenvalue weighted by Gasteiger charge is 2.15. The molecule has 0 fully saturated rings. The molecule has 1 amide bonds. The third-order valence-corrected chi connectivity index (χ3v) is 4.45. The van der Waals surface area contributed by atoms with Gasteiger partial charge in [0, 0.05) is 11.3 Å². The number of carbonyl (C=O) groups excluding carboxylic acids is 1. The van der Waals surface area contributed by atoms with Crippen LogP contribution in [-0.4, -0.2) is 26.8 Å². The van der Waals surface area contributed by atoms with E-state index in [4.69, 9.17) is 4.42 Å². The molecule has 0 bridgehead atoms. The number of aromatic nitrogens is 3. The number of aryl methyl sites for hydroxylation is 1. The molecular formula is C17H15N5O2S. The van der Waals surface area contributed by atoms with Crippen LogP contribution in [0.3, 0.4) is 0 Å². The fraction of sp³-hybridized carbons (Fsp3) is 0.176. The number of hydrogen-bond donors (Lipinski definition) is 2. The normalized spacial score (nSPS) is 10.4. The van der Waals surface area contributed by atoms with Gasteiger partial charge < -0.3 is 14.7 Å². The molecule has 0 aliphatic heterocycles.